The van der Waals surface area contributed by atoms with Gasteiger partial charge in [-0.1, -0.05) is 0 Å². The summed E-state index contributed by atoms with van der Waals surface area (Å²) in [6, 6.07) is 4.07. The summed E-state index contributed by atoms with van der Waals surface area (Å²) in [5.74, 6) is 0.967. The molecule has 1 saturated heterocycles. The summed E-state index contributed by atoms with van der Waals surface area (Å²) in [6.45, 7) is 4.03. The van der Waals surface area contributed by atoms with Crippen LogP contribution in [0.1, 0.15) is 0 Å². The predicted molar refractivity (Wildman–Crippen MR) is 71.5 cm³/mol. The summed E-state index contributed by atoms with van der Waals surface area (Å²) in [6.07, 6.45) is 5.74. The Morgan fingerprint density at radius 1 is 1.17 bits per heavy atom. The van der Waals surface area contributed by atoms with Crippen LogP contribution in [0.2, 0.25) is 0 Å². The van der Waals surface area contributed by atoms with Crippen molar-refractivity contribution in [1.29, 1.82) is 0 Å². The predicted octanol–water partition coefficient (Wildman–Crippen LogP) is 0.892. The third-order valence-corrected chi connectivity index (χ3v) is 3.29. The molecule has 2 aromatic rings. The smallest absolute Gasteiger partial charge is 0.147 e. The maximum Gasteiger partial charge on any atom is 0.147 e. The van der Waals surface area contributed by atoms with E-state index in [2.05, 4.69) is 30.8 Å². The molecule has 5 heteroatoms. The Morgan fingerprint density at radius 2 is 2.00 bits per heavy atom. The molecular formula is C13H17N5. The molecule has 0 radical (unpaired) electrons. The van der Waals surface area contributed by atoms with Crippen LogP contribution in [-0.2, 0) is 7.05 Å². The highest BCUT2D eigenvalue weighted by molar-refractivity contribution is 5.55. The minimum Gasteiger partial charge on any atom is -0.353 e. The zero-order valence-electron chi connectivity index (χ0n) is 10.5. The number of piperazine rings is 1. The van der Waals surface area contributed by atoms with E-state index in [0.717, 1.165) is 43.4 Å². The van der Waals surface area contributed by atoms with E-state index in [1.807, 2.05) is 31.7 Å². The molecule has 0 aliphatic carbocycles. The van der Waals surface area contributed by atoms with E-state index in [1.165, 1.54) is 0 Å². The Hall–Kier alpha value is -1.88. The molecule has 5 nitrogen and oxygen atoms in total. The average Bonchev–Trinajstić information content (AvgIpc) is 2.86. The molecule has 1 aliphatic heterocycles. The van der Waals surface area contributed by atoms with Gasteiger partial charge in [0.1, 0.15) is 11.5 Å². The van der Waals surface area contributed by atoms with E-state index in [-0.39, 0.29) is 0 Å². The van der Waals surface area contributed by atoms with Crippen molar-refractivity contribution < 1.29 is 0 Å². The molecule has 1 aliphatic rings. The summed E-state index contributed by atoms with van der Waals surface area (Å²) in [5.41, 5.74) is 2.01. The normalized spacial score (nSPS) is 15.9. The standard InChI is InChI=1S/C13H17N5/c1-17-6-2-3-12(17)11-9-16-13(10-15-11)18-7-4-14-5-8-18/h2-3,6,9-10,14H,4-5,7-8H2,1H3. The number of hydrogen-bond acceptors (Lipinski definition) is 4. The number of anilines is 1. The molecule has 94 valence electrons. The number of rotatable bonds is 2. The van der Waals surface area contributed by atoms with Crippen molar-refractivity contribution in [3.63, 3.8) is 0 Å². The molecule has 0 aromatic carbocycles. The lowest BCUT2D eigenvalue weighted by Gasteiger charge is -2.28. The summed E-state index contributed by atoms with van der Waals surface area (Å²) in [7, 11) is 2.02. The van der Waals surface area contributed by atoms with Crippen LogP contribution >= 0.6 is 0 Å². The third kappa shape index (κ3) is 2.09. The summed E-state index contributed by atoms with van der Waals surface area (Å²) in [4.78, 5) is 11.3. The van der Waals surface area contributed by atoms with Gasteiger partial charge in [0.2, 0.25) is 0 Å². The van der Waals surface area contributed by atoms with Crippen LogP contribution in [0.3, 0.4) is 0 Å². The van der Waals surface area contributed by atoms with Gasteiger partial charge in [-0.15, -0.1) is 0 Å². The maximum atomic E-state index is 4.52. The Bertz CT molecular complexity index is 510. The second-order valence-corrected chi connectivity index (χ2v) is 4.50. The van der Waals surface area contributed by atoms with Crippen molar-refractivity contribution in [3.8, 4) is 11.4 Å². The molecule has 0 atom stereocenters. The van der Waals surface area contributed by atoms with Crippen molar-refractivity contribution in [2.45, 2.75) is 0 Å². The van der Waals surface area contributed by atoms with E-state index in [0.29, 0.717) is 0 Å². The maximum absolute atomic E-state index is 4.52. The lowest BCUT2D eigenvalue weighted by Crippen LogP contribution is -2.43. The fourth-order valence-corrected chi connectivity index (χ4v) is 2.24. The molecule has 2 aromatic heterocycles. The highest BCUT2D eigenvalue weighted by Crippen LogP contribution is 2.18. The molecular weight excluding hydrogens is 226 g/mol. The lowest BCUT2D eigenvalue weighted by molar-refractivity contribution is 0.584. The number of aromatic nitrogens is 3. The average molecular weight is 243 g/mol. The topological polar surface area (TPSA) is 46.0 Å². The number of hydrogen-bond donors (Lipinski definition) is 1. The van der Waals surface area contributed by atoms with Crippen molar-refractivity contribution in [2.24, 2.45) is 7.05 Å². The van der Waals surface area contributed by atoms with Gasteiger partial charge in [-0.05, 0) is 12.1 Å². The Balaban J connectivity index is 1.82. The first kappa shape index (κ1) is 11.2. The van der Waals surface area contributed by atoms with Crippen LogP contribution in [0.4, 0.5) is 5.82 Å². The van der Waals surface area contributed by atoms with Gasteiger partial charge in [0.15, 0.2) is 0 Å². The van der Waals surface area contributed by atoms with Crippen LogP contribution in [0.15, 0.2) is 30.7 Å². The Labute approximate surface area is 106 Å². The van der Waals surface area contributed by atoms with Crippen molar-refractivity contribution >= 4 is 5.82 Å². The highest BCUT2D eigenvalue weighted by atomic mass is 15.2. The second-order valence-electron chi connectivity index (χ2n) is 4.50. The van der Waals surface area contributed by atoms with Gasteiger partial charge < -0.3 is 14.8 Å². The molecule has 1 N–H and O–H groups in total. The molecule has 0 saturated carbocycles. The molecule has 1 fully saturated rings. The first-order valence-electron chi connectivity index (χ1n) is 6.24. The van der Waals surface area contributed by atoms with Crippen LogP contribution in [0, 0.1) is 0 Å². The van der Waals surface area contributed by atoms with Gasteiger partial charge in [-0.25, -0.2) is 9.97 Å². The van der Waals surface area contributed by atoms with Gasteiger partial charge in [-0.2, -0.15) is 0 Å². The van der Waals surface area contributed by atoms with Crippen LogP contribution in [0.25, 0.3) is 11.4 Å². The van der Waals surface area contributed by atoms with E-state index in [1.54, 1.807) is 0 Å². The van der Waals surface area contributed by atoms with Crippen LogP contribution in [-0.4, -0.2) is 40.7 Å². The number of nitrogens with one attached hydrogen (secondary N) is 1. The SMILES string of the molecule is Cn1cccc1-c1cnc(N2CCNCC2)cn1. The third-order valence-electron chi connectivity index (χ3n) is 3.29. The van der Waals surface area contributed by atoms with Gasteiger partial charge in [0, 0.05) is 39.4 Å². The summed E-state index contributed by atoms with van der Waals surface area (Å²) in [5, 5.41) is 3.33. The summed E-state index contributed by atoms with van der Waals surface area (Å²) < 4.78 is 2.05. The fourth-order valence-electron chi connectivity index (χ4n) is 2.24. The highest BCUT2D eigenvalue weighted by Gasteiger charge is 2.12. The molecule has 0 unspecified atom stereocenters. The Kier molecular flexibility index (Phi) is 2.98. The molecule has 0 bridgehead atoms. The van der Waals surface area contributed by atoms with Crippen molar-refractivity contribution in [3.05, 3.63) is 30.7 Å². The van der Waals surface area contributed by atoms with Crippen molar-refractivity contribution in [1.82, 2.24) is 19.9 Å². The van der Waals surface area contributed by atoms with Gasteiger partial charge >= 0.3 is 0 Å². The minimum atomic E-state index is 0.918. The van der Waals surface area contributed by atoms with Gasteiger partial charge in [0.25, 0.3) is 0 Å². The van der Waals surface area contributed by atoms with Crippen LogP contribution < -0.4 is 10.2 Å². The molecule has 3 rings (SSSR count). The minimum absolute atomic E-state index is 0.918. The molecule has 3 heterocycles. The zero-order valence-corrected chi connectivity index (χ0v) is 10.5. The molecule has 0 amide bonds. The molecule has 18 heavy (non-hydrogen) atoms. The number of aryl methyl sites for hydroxylation is 1. The van der Waals surface area contributed by atoms with E-state index in [9.17, 15) is 0 Å². The summed E-state index contributed by atoms with van der Waals surface area (Å²) >= 11 is 0. The lowest BCUT2D eigenvalue weighted by atomic mass is 10.3. The van der Waals surface area contributed by atoms with Crippen LogP contribution in [0.5, 0.6) is 0 Å². The number of nitrogens with zero attached hydrogens (tertiary/aromatic N) is 4. The van der Waals surface area contributed by atoms with E-state index < -0.39 is 0 Å². The quantitative estimate of drug-likeness (QED) is 0.851. The fraction of sp³-hybridized carbons (Fsp3) is 0.385. The monoisotopic (exact) mass is 243 g/mol. The second kappa shape index (κ2) is 4.78. The van der Waals surface area contributed by atoms with Gasteiger partial charge in [0.05, 0.1) is 18.1 Å². The van der Waals surface area contributed by atoms with Gasteiger partial charge in [-0.3, -0.25) is 0 Å². The Morgan fingerprint density at radius 3 is 2.61 bits per heavy atom. The first-order chi connectivity index (χ1) is 8.84. The largest absolute Gasteiger partial charge is 0.353 e. The molecule has 0 spiro atoms. The van der Waals surface area contributed by atoms with E-state index >= 15 is 0 Å². The first-order valence-corrected chi connectivity index (χ1v) is 6.24. The van der Waals surface area contributed by atoms with Crippen molar-refractivity contribution in [2.75, 3.05) is 31.1 Å². The zero-order chi connectivity index (χ0) is 12.4. The van der Waals surface area contributed by atoms with E-state index in [4.69, 9.17) is 0 Å².